The number of methoxy groups -OCH3 is 1. The molecule has 1 heterocycles. The van der Waals surface area contributed by atoms with E-state index in [1.807, 2.05) is 13.8 Å². The summed E-state index contributed by atoms with van der Waals surface area (Å²) in [5.41, 5.74) is 0.189. The van der Waals surface area contributed by atoms with Crippen LogP contribution >= 0.6 is 0 Å². The molecule has 0 saturated heterocycles. The average molecular weight is 486 g/mol. The zero-order chi connectivity index (χ0) is 25.9. The average Bonchev–Trinajstić information content (AvgIpc) is 2.79. The third-order valence-corrected chi connectivity index (χ3v) is 4.61. The van der Waals surface area contributed by atoms with Crippen molar-refractivity contribution in [2.45, 2.75) is 85.3 Å². The molecule has 0 aliphatic rings. The minimum absolute atomic E-state index is 0.162. The van der Waals surface area contributed by atoms with Crippen LogP contribution in [0.4, 0.5) is 15.0 Å². The van der Waals surface area contributed by atoms with Crippen molar-refractivity contribution in [2.24, 2.45) is 0 Å². The van der Waals surface area contributed by atoms with Gasteiger partial charge in [0.25, 0.3) is 0 Å². The summed E-state index contributed by atoms with van der Waals surface area (Å²) in [6.07, 6.45) is 6.95. The Labute approximate surface area is 201 Å². The van der Waals surface area contributed by atoms with Crippen molar-refractivity contribution in [3.8, 4) is 0 Å². The van der Waals surface area contributed by atoms with E-state index in [9.17, 15) is 18.8 Å². The molecule has 10 heteroatoms. The summed E-state index contributed by atoms with van der Waals surface area (Å²) in [5, 5.41) is 2.19. The molecule has 0 fully saturated rings. The van der Waals surface area contributed by atoms with Gasteiger partial charge in [-0.05, 0) is 19.8 Å². The zero-order valence-electron chi connectivity index (χ0n) is 21.2. The number of halogens is 1. The summed E-state index contributed by atoms with van der Waals surface area (Å²) in [7, 11) is 1.35. The summed E-state index contributed by atoms with van der Waals surface area (Å²) < 4.78 is 30.2. The number of hydrogen-bond donors (Lipinski definition) is 1. The second kappa shape index (κ2) is 18.7. The topological polar surface area (TPSA) is 109 Å². The minimum Gasteiger partial charge on any atom is -0.469 e. The summed E-state index contributed by atoms with van der Waals surface area (Å²) >= 11 is 0. The molecule has 1 rings (SSSR count). The molecular weight excluding hydrogens is 445 g/mol. The Morgan fingerprint density at radius 2 is 1.79 bits per heavy atom. The first-order chi connectivity index (χ1) is 16.1. The number of unbranched alkanes of at least 4 members (excludes halogenated alkanes) is 5. The number of nitrogens with zero attached hydrogens (tertiary/aromatic N) is 2. The fourth-order valence-electron chi connectivity index (χ4n) is 2.64. The van der Waals surface area contributed by atoms with Crippen LogP contribution in [0.1, 0.15) is 72.6 Å². The van der Waals surface area contributed by atoms with Gasteiger partial charge in [0.15, 0.2) is 11.6 Å². The molecule has 0 aliphatic carbocycles. The highest BCUT2D eigenvalue weighted by molar-refractivity contribution is 5.83. The van der Waals surface area contributed by atoms with Crippen LogP contribution in [-0.2, 0) is 25.5 Å². The molecule has 0 spiro atoms. The normalized spacial score (nSPS) is 11.1. The van der Waals surface area contributed by atoms with Crippen LogP contribution in [0, 0.1) is 5.82 Å². The van der Waals surface area contributed by atoms with Crippen LogP contribution in [-0.4, -0.2) is 48.0 Å². The summed E-state index contributed by atoms with van der Waals surface area (Å²) in [6.45, 7) is 11.8. The van der Waals surface area contributed by atoms with E-state index in [-0.39, 0.29) is 25.2 Å². The molecule has 1 atom stereocenters. The van der Waals surface area contributed by atoms with E-state index < -0.39 is 23.4 Å². The first kappa shape index (κ1) is 31.2. The number of anilines is 1. The predicted octanol–water partition coefficient (Wildman–Crippen LogP) is 4.84. The van der Waals surface area contributed by atoms with Gasteiger partial charge < -0.3 is 14.2 Å². The summed E-state index contributed by atoms with van der Waals surface area (Å²) in [4.78, 5) is 37.2. The van der Waals surface area contributed by atoms with Crippen molar-refractivity contribution in [1.82, 2.24) is 9.55 Å². The molecule has 0 radical (unpaired) electrons. The highest BCUT2D eigenvalue weighted by Gasteiger charge is 2.15. The lowest BCUT2D eigenvalue weighted by Crippen LogP contribution is -2.31. The monoisotopic (exact) mass is 485 g/mol. The zero-order valence-corrected chi connectivity index (χ0v) is 21.2. The van der Waals surface area contributed by atoms with Gasteiger partial charge in [-0.2, -0.15) is 4.98 Å². The lowest BCUT2D eigenvalue weighted by Gasteiger charge is -2.17. The number of nitrogens with one attached hydrogen (secondary N) is 1. The largest absolute Gasteiger partial charge is 0.469 e. The molecule has 1 N–H and O–H groups in total. The molecule has 9 nitrogen and oxygen atoms in total. The number of aromatic nitrogens is 2. The number of hydrogen-bond acceptors (Lipinski definition) is 7. The van der Waals surface area contributed by atoms with E-state index >= 15 is 0 Å². The third kappa shape index (κ3) is 15.2. The fourth-order valence-corrected chi connectivity index (χ4v) is 2.64. The van der Waals surface area contributed by atoms with Crippen molar-refractivity contribution < 1.29 is 28.2 Å². The first-order valence-electron chi connectivity index (χ1n) is 11.7. The predicted molar refractivity (Wildman–Crippen MR) is 129 cm³/mol. The van der Waals surface area contributed by atoms with Gasteiger partial charge in [-0.25, -0.2) is 14.0 Å². The quantitative estimate of drug-likeness (QED) is 0.228. The maximum Gasteiger partial charge on any atom is 0.412 e. The molecule has 0 bridgehead atoms. The molecule has 1 aromatic heterocycles. The minimum atomic E-state index is -0.821. The van der Waals surface area contributed by atoms with Gasteiger partial charge in [0.2, 0.25) is 0 Å². The second-order valence-corrected chi connectivity index (χ2v) is 7.90. The molecule has 0 aromatic carbocycles. The fraction of sp³-hybridized carbons (Fsp3) is 0.667. The van der Waals surface area contributed by atoms with Gasteiger partial charge in [0.1, 0.15) is 0 Å². The Bertz CT molecular complexity index is 812. The molecule has 0 saturated carbocycles. The molecule has 0 unspecified atom stereocenters. The van der Waals surface area contributed by atoms with Crippen molar-refractivity contribution in [3.63, 3.8) is 0 Å². The van der Waals surface area contributed by atoms with E-state index in [0.717, 1.165) is 35.6 Å². The van der Waals surface area contributed by atoms with Crippen molar-refractivity contribution in [1.29, 1.82) is 0 Å². The van der Waals surface area contributed by atoms with Crippen molar-refractivity contribution >= 4 is 17.9 Å². The Hall–Kier alpha value is -2.75. The van der Waals surface area contributed by atoms with Crippen molar-refractivity contribution in [2.75, 3.05) is 25.6 Å². The first-order valence-corrected chi connectivity index (χ1v) is 11.7. The summed E-state index contributed by atoms with van der Waals surface area (Å²) in [6, 6.07) is 0. The van der Waals surface area contributed by atoms with Crippen LogP contribution in [0.15, 0.2) is 23.1 Å². The molecule has 194 valence electrons. The number of amides is 1. The van der Waals surface area contributed by atoms with E-state index in [1.54, 1.807) is 0 Å². The third-order valence-electron chi connectivity index (χ3n) is 4.61. The van der Waals surface area contributed by atoms with Crippen LogP contribution in [0.3, 0.4) is 0 Å². The van der Waals surface area contributed by atoms with E-state index in [4.69, 9.17) is 9.47 Å². The van der Waals surface area contributed by atoms with E-state index in [1.165, 1.54) is 33.3 Å². The smallest absolute Gasteiger partial charge is 0.412 e. The molecule has 1 amide bonds. The lowest BCUT2D eigenvalue weighted by molar-refractivity contribution is -0.137. The van der Waals surface area contributed by atoms with Gasteiger partial charge in [0, 0.05) is 13.1 Å². The van der Waals surface area contributed by atoms with Crippen LogP contribution in [0.5, 0.6) is 0 Å². The Morgan fingerprint density at radius 3 is 2.35 bits per heavy atom. The van der Waals surface area contributed by atoms with Crippen LogP contribution in [0.2, 0.25) is 0 Å². The van der Waals surface area contributed by atoms with Crippen LogP contribution in [0.25, 0.3) is 0 Å². The van der Waals surface area contributed by atoms with Gasteiger partial charge in [-0.15, -0.1) is 0 Å². The number of rotatable bonds is 14. The summed E-state index contributed by atoms with van der Waals surface area (Å²) in [5.74, 6) is -1.49. The standard InChI is InChI=1S/C21H34FN3O4.C3H6O2/c1-5-7-8-9-10-11-12-28-21(27)24-19-18(22)14-25(20(26)23-19)13-17(6-2)29-15-16(3)4;1-3(4)5-2/h14,17H,3,5-13,15H2,1-2,4H3,(H,23,24,26,27);1-2H3/t17-;/m0./s1. The lowest BCUT2D eigenvalue weighted by atomic mass is 10.1. The number of carbonyl (C=O) groups is 2. The maximum absolute atomic E-state index is 14.3. The van der Waals surface area contributed by atoms with E-state index in [0.29, 0.717) is 13.0 Å². The van der Waals surface area contributed by atoms with Crippen molar-refractivity contribution in [3.05, 3.63) is 34.7 Å². The number of esters is 1. The molecule has 0 aliphatic heterocycles. The SMILES string of the molecule is C=C(C)CO[C@@H](CC)Cn1cc(F)c(NC(=O)OCCCCCCCC)nc1=O.COC(C)=O. The second-order valence-electron chi connectivity index (χ2n) is 7.90. The van der Waals surface area contributed by atoms with Gasteiger partial charge >= 0.3 is 17.8 Å². The Morgan fingerprint density at radius 1 is 1.18 bits per heavy atom. The van der Waals surface area contributed by atoms with Gasteiger partial charge in [0.05, 0.1) is 33.0 Å². The maximum atomic E-state index is 14.3. The number of carbonyl (C=O) groups excluding carboxylic acids is 2. The highest BCUT2D eigenvalue weighted by atomic mass is 19.1. The molecule has 34 heavy (non-hydrogen) atoms. The van der Waals surface area contributed by atoms with E-state index in [2.05, 4.69) is 28.5 Å². The Kier molecular flexibility index (Phi) is 17.1. The van der Waals surface area contributed by atoms with Gasteiger partial charge in [-0.3, -0.25) is 14.7 Å². The number of ether oxygens (including phenoxy) is 3. The van der Waals surface area contributed by atoms with Crippen LogP contribution < -0.4 is 11.0 Å². The molecular formula is C24H40FN3O6. The van der Waals surface area contributed by atoms with Gasteiger partial charge in [-0.1, -0.05) is 58.1 Å². The highest BCUT2D eigenvalue weighted by Crippen LogP contribution is 2.10. The Balaban J connectivity index is 0.00000196. The molecule has 1 aromatic rings.